The van der Waals surface area contributed by atoms with Gasteiger partial charge in [0.05, 0.1) is 28.4 Å². The van der Waals surface area contributed by atoms with Crippen LogP contribution in [-0.2, 0) is 17.1 Å². The maximum Gasteiger partial charge on any atom is 0.416 e. The average Bonchev–Trinajstić information content (AvgIpc) is 2.64. The third-order valence-electron chi connectivity index (χ3n) is 3.59. The summed E-state index contributed by atoms with van der Waals surface area (Å²) >= 11 is 3.16. The Morgan fingerprint density at radius 3 is 1.97 bits per heavy atom. The highest BCUT2D eigenvalue weighted by Gasteiger charge is 2.37. The molecule has 0 saturated carbocycles. The van der Waals surface area contributed by atoms with Crippen molar-refractivity contribution in [2.75, 3.05) is 12.2 Å². The summed E-state index contributed by atoms with van der Waals surface area (Å²) in [5, 5.41) is 2.15. The van der Waals surface area contributed by atoms with Crippen LogP contribution >= 0.6 is 15.9 Å². The van der Waals surface area contributed by atoms with Gasteiger partial charge in [-0.15, -0.1) is 5.06 Å². The molecule has 31 heavy (non-hydrogen) atoms. The van der Waals surface area contributed by atoms with E-state index in [9.17, 15) is 35.9 Å². The molecule has 6 nitrogen and oxygen atoms in total. The minimum atomic E-state index is -5.12. The minimum absolute atomic E-state index is 0.0878. The second-order valence-electron chi connectivity index (χ2n) is 5.93. The number of benzene rings is 2. The molecule has 0 saturated heterocycles. The maximum absolute atomic E-state index is 13.1. The van der Waals surface area contributed by atoms with Crippen molar-refractivity contribution in [3.63, 3.8) is 0 Å². The summed E-state index contributed by atoms with van der Waals surface area (Å²) in [6, 6.07) is 3.09. The number of urea groups is 1. The average molecular weight is 515 g/mol. The molecule has 2 rings (SSSR count). The van der Waals surface area contributed by atoms with E-state index in [-0.39, 0.29) is 17.5 Å². The van der Waals surface area contributed by atoms with Crippen molar-refractivity contribution in [1.82, 2.24) is 5.32 Å². The van der Waals surface area contributed by atoms with Gasteiger partial charge in [0.25, 0.3) is 0 Å². The number of anilines is 1. The van der Waals surface area contributed by atoms with Crippen LogP contribution in [0.4, 0.5) is 36.8 Å². The van der Waals surface area contributed by atoms with Crippen molar-refractivity contribution in [3.05, 3.63) is 52.0 Å². The minimum Gasteiger partial charge on any atom is -0.495 e. The summed E-state index contributed by atoms with van der Waals surface area (Å²) in [6.45, 7) is 0.976. The number of imide groups is 1. The number of nitrogens with zero attached hydrogens (tertiary/aromatic N) is 1. The molecule has 1 N–H and O–H groups in total. The third kappa shape index (κ3) is 6.26. The van der Waals surface area contributed by atoms with Crippen molar-refractivity contribution in [2.45, 2.75) is 19.3 Å². The zero-order chi connectivity index (χ0) is 23.6. The largest absolute Gasteiger partial charge is 0.495 e. The molecule has 13 heteroatoms. The normalized spacial score (nSPS) is 11.6. The highest BCUT2D eigenvalue weighted by atomic mass is 79.9. The Morgan fingerprint density at radius 2 is 1.52 bits per heavy atom. The van der Waals surface area contributed by atoms with Crippen LogP contribution in [0.2, 0.25) is 0 Å². The summed E-state index contributed by atoms with van der Waals surface area (Å²) in [5.74, 6) is -1.62. The number of alkyl halides is 6. The zero-order valence-electron chi connectivity index (χ0n) is 15.7. The smallest absolute Gasteiger partial charge is 0.416 e. The number of carbonyl (C=O) groups excluding carboxylic acids is 2. The van der Waals surface area contributed by atoms with E-state index in [0.29, 0.717) is 21.7 Å². The van der Waals surface area contributed by atoms with Gasteiger partial charge >= 0.3 is 18.4 Å². The van der Waals surface area contributed by atoms with E-state index < -0.39 is 41.2 Å². The Labute approximate surface area is 179 Å². The number of amides is 3. The number of rotatable bonds is 4. The van der Waals surface area contributed by atoms with E-state index in [2.05, 4.69) is 15.9 Å². The molecule has 2 aromatic rings. The van der Waals surface area contributed by atoms with Gasteiger partial charge in [0.2, 0.25) is 5.91 Å². The SMILES string of the molecule is COc1cc(N(Oc2cc(C(F)(F)F)cc(C(F)(F)F)c2)C(=O)NC(C)=O)ccc1Br. The molecule has 0 spiro atoms. The maximum atomic E-state index is 13.1. The topological polar surface area (TPSA) is 67.9 Å². The van der Waals surface area contributed by atoms with Crippen molar-refractivity contribution >= 4 is 33.6 Å². The number of methoxy groups -OCH3 is 1. The summed E-state index contributed by atoms with van der Waals surface area (Å²) in [7, 11) is 1.28. The number of hydrogen-bond donors (Lipinski definition) is 1. The van der Waals surface area contributed by atoms with Gasteiger partial charge in [-0.3, -0.25) is 10.1 Å². The second-order valence-corrected chi connectivity index (χ2v) is 6.79. The molecule has 0 aliphatic carbocycles. The molecule has 0 heterocycles. The fourth-order valence-electron chi connectivity index (χ4n) is 2.27. The van der Waals surface area contributed by atoms with Gasteiger partial charge in [-0.2, -0.15) is 26.3 Å². The van der Waals surface area contributed by atoms with Crippen molar-refractivity contribution in [1.29, 1.82) is 0 Å². The molecule has 168 valence electrons. The highest BCUT2D eigenvalue weighted by Crippen LogP contribution is 2.39. The lowest BCUT2D eigenvalue weighted by molar-refractivity contribution is -0.143. The first-order valence-corrected chi connectivity index (χ1v) is 8.94. The Hall–Kier alpha value is -2.96. The van der Waals surface area contributed by atoms with Crippen LogP contribution in [-0.4, -0.2) is 19.0 Å². The van der Waals surface area contributed by atoms with E-state index in [1.54, 1.807) is 0 Å². The van der Waals surface area contributed by atoms with Crippen LogP contribution < -0.4 is 20.0 Å². The molecular weight excluding hydrogens is 502 g/mol. The van der Waals surface area contributed by atoms with E-state index in [0.717, 1.165) is 6.92 Å². The van der Waals surface area contributed by atoms with Crippen molar-refractivity contribution in [2.24, 2.45) is 0 Å². The number of carbonyl (C=O) groups is 2. The van der Waals surface area contributed by atoms with Crippen LogP contribution in [0.25, 0.3) is 0 Å². The molecule has 2 aromatic carbocycles. The second kappa shape index (κ2) is 9.04. The zero-order valence-corrected chi connectivity index (χ0v) is 17.3. The Morgan fingerprint density at radius 1 is 0.968 bits per heavy atom. The summed E-state index contributed by atoms with van der Waals surface area (Å²) < 4.78 is 84.0. The Kier molecular flexibility index (Phi) is 7.09. The van der Waals surface area contributed by atoms with Crippen LogP contribution in [0.3, 0.4) is 0 Å². The quantitative estimate of drug-likeness (QED) is 0.429. The summed E-state index contributed by atoms with van der Waals surface area (Å²) in [5.41, 5.74) is -3.43. The van der Waals surface area contributed by atoms with E-state index in [1.807, 2.05) is 5.32 Å². The first-order valence-electron chi connectivity index (χ1n) is 8.15. The number of hydroxylamine groups is 1. The first-order chi connectivity index (χ1) is 14.2. The van der Waals surface area contributed by atoms with Gasteiger partial charge in [0.15, 0.2) is 5.75 Å². The molecule has 0 fully saturated rings. The van der Waals surface area contributed by atoms with Gasteiger partial charge < -0.3 is 9.57 Å². The van der Waals surface area contributed by atoms with E-state index in [4.69, 9.17) is 9.57 Å². The number of nitrogens with one attached hydrogen (secondary N) is 1. The standard InChI is InChI=1S/C18H13BrF6N2O4/c1-9(28)26-16(29)27(12-3-4-14(19)15(8-12)30-2)31-13-6-10(17(20,21)22)5-11(7-13)18(23,24)25/h3-8H,1-2H3,(H,26,28,29). The van der Waals surface area contributed by atoms with Crippen LogP contribution in [0.15, 0.2) is 40.9 Å². The highest BCUT2D eigenvalue weighted by molar-refractivity contribution is 9.10. The van der Waals surface area contributed by atoms with Crippen LogP contribution in [0.1, 0.15) is 18.1 Å². The van der Waals surface area contributed by atoms with Gasteiger partial charge in [0.1, 0.15) is 5.75 Å². The molecule has 0 radical (unpaired) electrons. The van der Waals surface area contributed by atoms with Crippen molar-refractivity contribution in [3.8, 4) is 11.5 Å². The Balaban J connectivity index is 2.58. The van der Waals surface area contributed by atoms with Crippen molar-refractivity contribution < 1.29 is 45.5 Å². The molecule has 0 bridgehead atoms. The molecular formula is C18H13BrF6N2O4. The lowest BCUT2D eigenvalue weighted by atomic mass is 10.1. The van der Waals surface area contributed by atoms with Gasteiger partial charge in [-0.25, -0.2) is 4.79 Å². The summed E-state index contributed by atoms with van der Waals surface area (Å²) in [6.07, 6.45) is -10.2. The number of hydrogen-bond acceptors (Lipinski definition) is 4. The number of halogens is 7. The molecule has 0 aliphatic rings. The fourth-order valence-corrected chi connectivity index (χ4v) is 2.68. The van der Waals surface area contributed by atoms with Gasteiger partial charge in [0, 0.05) is 13.0 Å². The van der Waals surface area contributed by atoms with E-state index in [1.165, 1.54) is 25.3 Å². The lowest BCUT2D eigenvalue weighted by Crippen LogP contribution is -2.44. The predicted molar refractivity (Wildman–Crippen MR) is 99.5 cm³/mol. The monoisotopic (exact) mass is 514 g/mol. The third-order valence-corrected chi connectivity index (χ3v) is 4.25. The lowest BCUT2D eigenvalue weighted by Gasteiger charge is -2.24. The molecule has 3 amide bonds. The molecule has 0 aromatic heterocycles. The van der Waals surface area contributed by atoms with Gasteiger partial charge in [-0.05, 0) is 46.3 Å². The predicted octanol–water partition coefficient (Wildman–Crippen LogP) is 5.55. The van der Waals surface area contributed by atoms with Crippen LogP contribution in [0, 0.1) is 0 Å². The first kappa shape index (κ1) is 24.3. The summed E-state index contributed by atoms with van der Waals surface area (Å²) in [4.78, 5) is 28.7. The molecule has 0 unspecified atom stereocenters. The Bertz CT molecular complexity index is 962. The molecule has 0 aliphatic heterocycles. The van der Waals surface area contributed by atoms with Crippen LogP contribution in [0.5, 0.6) is 11.5 Å². The molecule has 0 atom stereocenters. The number of ether oxygens (including phenoxy) is 1. The fraction of sp³-hybridized carbons (Fsp3) is 0.222. The van der Waals surface area contributed by atoms with Gasteiger partial charge in [-0.1, -0.05) is 0 Å². The van der Waals surface area contributed by atoms with E-state index >= 15 is 0 Å².